The van der Waals surface area contributed by atoms with Crippen LogP contribution in [-0.4, -0.2) is 60.8 Å². The van der Waals surface area contributed by atoms with Crippen molar-refractivity contribution >= 4 is 11.9 Å². The van der Waals surface area contributed by atoms with Gasteiger partial charge in [0.25, 0.3) is 5.91 Å². The molecule has 7 heteroatoms. The Labute approximate surface area is 121 Å². The molecular weight excluding hydrogens is 274 g/mol. The maximum Gasteiger partial charge on any atom is 0.317 e. The highest BCUT2D eigenvalue weighted by Crippen LogP contribution is 2.33. The minimum atomic E-state index is -0.0349. The van der Waals surface area contributed by atoms with Crippen LogP contribution in [0.15, 0.2) is 18.2 Å². The highest BCUT2D eigenvalue weighted by Gasteiger charge is 2.37. The topological polar surface area (TPSA) is 71.1 Å². The van der Waals surface area contributed by atoms with Gasteiger partial charge in [-0.15, -0.1) is 0 Å². The molecule has 0 aromatic heterocycles. The zero-order valence-electron chi connectivity index (χ0n) is 11.4. The van der Waals surface area contributed by atoms with E-state index in [2.05, 4.69) is 5.32 Å². The average molecular weight is 289 g/mol. The summed E-state index contributed by atoms with van der Waals surface area (Å²) in [6, 6.07) is 5.27. The normalized spacial score (nSPS) is 23.0. The second kappa shape index (κ2) is 4.54. The molecule has 3 heterocycles. The summed E-state index contributed by atoms with van der Waals surface area (Å²) in [5.41, 5.74) is 0.588. The molecule has 0 aliphatic carbocycles. The quantitative estimate of drug-likeness (QED) is 0.805. The van der Waals surface area contributed by atoms with E-state index in [1.165, 1.54) is 0 Å². The molecule has 110 valence electrons. The monoisotopic (exact) mass is 289 g/mol. The summed E-state index contributed by atoms with van der Waals surface area (Å²) in [6.45, 7) is 2.49. The van der Waals surface area contributed by atoms with E-state index in [-0.39, 0.29) is 24.8 Å². The Hall–Kier alpha value is -2.44. The van der Waals surface area contributed by atoms with Crippen LogP contribution in [0.3, 0.4) is 0 Å². The summed E-state index contributed by atoms with van der Waals surface area (Å²) in [5, 5.41) is 2.81. The molecular formula is C14H15N3O4. The van der Waals surface area contributed by atoms with Crippen molar-refractivity contribution in [3.05, 3.63) is 23.8 Å². The lowest BCUT2D eigenvalue weighted by Crippen LogP contribution is -2.53. The number of fused-ring (bicyclic) bond motifs is 2. The number of amides is 3. The molecule has 1 N–H and O–H groups in total. The van der Waals surface area contributed by atoms with Gasteiger partial charge in [-0.1, -0.05) is 0 Å². The molecule has 0 spiro atoms. The van der Waals surface area contributed by atoms with E-state index in [0.717, 1.165) is 0 Å². The number of benzene rings is 1. The van der Waals surface area contributed by atoms with Crippen molar-refractivity contribution in [1.82, 2.24) is 15.1 Å². The van der Waals surface area contributed by atoms with Crippen LogP contribution < -0.4 is 14.8 Å². The molecule has 3 amide bonds. The molecule has 3 aliphatic heterocycles. The van der Waals surface area contributed by atoms with Crippen molar-refractivity contribution in [2.45, 2.75) is 6.04 Å². The first-order valence-electron chi connectivity index (χ1n) is 6.96. The zero-order valence-corrected chi connectivity index (χ0v) is 11.4. The first kappa shape index (κ1) is 12.3. The Morgan fingerprint density at radius 2 is 2.10 bits per heavy atom. The number of hydrogen-bond donors (Lipinski definition) is 1. The van der Waals surface area contributed by atoms with Gasteiger partial charge in [0, 0.05) is 31.7 Å². The van der Waals surface area contributed by atoms with Crippen LogP contribution in [0, 0.1) is 0 Å². The van der Waals surface area contributed by atoms with Crippen molar-refractivity contribution in [2.24, 2.45) is 0 Å². The molecule has 0 bridgehead atoms. The Morgan fingerprint density at radius 1 is 1.24 bits per heavy atom. The van der Waals surface area contributed by atoms with E-state index in [4.69, 9.17) is 9.47 Å². The Bertz CT molecular complexity index is 618. The van der Waals surface area contributed by atoms with Crippen LogP contribution in [0.1, 0.15) is 10.4 Å². The molecule has 1 aromatic rings. The van der Waals surface area contributed by atoms with E-state index in [1.54, 1.807) is 28.0 Å². The van der Waals surface area contributed by atoms with E-state index in [9.17, 15) is 9.59 Å². The van der Waals surface area contributed by atoms with E-state index >= 15 is 0 Å². The number of hydrogen-bond acceptors (Lipinski definition) is 4. The van der Waals surface area contributed by atoms with Crippen LogP contribution in [-0.2, 0) is 0 Å². The lowest BCUT2D eigenvalue weighted by molar-refractivity contribution is 0.0616. The van der Waals surface area contributed by atoms with E-state index in [1.807, 2.05) is 0 Å². The van der Waals surface area contributed by atoms with Gasteiger partial charge in [-0.3, -0.25) is 4.79 Å². The fourth-order valence-electron chi connectivity index (χ4n) is 3.00. The minimum absolute atomic E-state index is 0.0322. The number of carbonyl (C=O) groups is 2. The maximum absolute atomic E-state index is 12.6. The Kier molecular flexibility index (Phi) is 2.66. The van der Waals surface area contributed by atoms with E-state index < -0.39 is 0 Å². The molecule has 7 nitrogen and oxygen atoms in total. The smallest absolute Gasteiger partial charge is 0.317 e. The first-order valence-corrected chi connectivity index (χ1v) is 6.96. The van der Waals surface area contributed by atoms with Gasteiger partial charge in [-0.2, -0.15) is 0 Å². The van der Waals surface area contributed by atoms with Crippen LogP contribution >= 0.6 is 0 Å². The molecule has 21 heavy (non-hydrogen) atoms. The maximum atomic E-state index is 12.6. The number of nitrogens with one attached hydrogen (secondary N) is 1. The summed E-state index contributed by atoms with van der Waals surface area (Å²) in [7, 11) is 0. The molecule has 3 aliphatic rings. The predicted octanol–water partition coefficient (Wildman–Crippen LogP) is 0.265. The van der Waals surface area contributed by atoms with Gasteiger partial charge < -0.3 is 24.6 Å². The van der Waals surface area contributed by atoms with Gasteiger partial charge in [0.2, 0.25) is 6.79 Å². The van der Waals surface area contributed by atoms with E-state index in [0.29, 0.717) is 43.2 Å². The minimum Gasteiger partial charge on any atom is -0.454 e. The highest BCUT2D eigenvalue weighted by atomic mass is 16.7. The third-order valence-corrected chi connectivity index (χ3v) is 4.14. The lowest BCUT2D eigenvalue weighted by atomic mass is 10.1. The number of urea groups is 1. The number of carbonyl (C=O) groups excluding carboxylic acids is 2. The summed E-state index contributed by atoms with van der Waals surface area (Å²) < 4.78 is 10.6. The Balaban J connectivity index is 1.52. The van der Waals surface area contributed by atoms with Gasteiger partial charge in [0.1, 0.15) is 0 Å². The van der Waals surface area contributed by atoms with Crippen LogP contribution in [0.2, 0.25) is 0 Å². The fraction of sp³-hybridized carbons (Fsp3) is 0.429. The summed E-state index contributed by atoms with van der Waals surface area (Å²) in [4.78, 5) is 27.7. The second-order valence-corrected chi connectivity index (χ2v) is 5.35. The zero-order chi connectivity index (χ0) is 14.4. The van der Waals surface area contributed by atoms with Crippen molar-refractivity contribution in [1.29, 1.82) is 0 Å². The predicted molar refractivity (Wildman–Crippen MR) is 72.4 cm³/mol. The third-order valence-electron chi connectivity index (χ3n) is 4.14. The molecule has 2 fully saturated rings. The SMILES string of the molecule is O=C(c1ccc2c(c1)OCO2)N1CCN2C(=O)NCC2C1. The number of rotatable bonds is 1. The molecule has 0 saturated carbocycles. The second-order valence-electron chi connectivity index (χ2n) is 5.35. The van der Waals surface area contributed by atoms with Crippen LogP contribution in [0.5, 0.6) is 11.5 Å². The Morgan fingerprint density at radius 3 is 3.00 bits per heavy atom. The van der Waals surface area contributed by atoms with Crippen molar-refractivity contribution in [2.75, 3.05) is 33.0 Å². The van der Waals surface area contributed by atoms with Gasteiger partial charge >= 0.3 is 6.03 Å². The molecule has 2 saturated heterocycles. The molecule has 1 aromatic carbocycles. The van der Waals surface area contributed by atoms with Crippen LogP contribution in [0.25, 0.3) is 0 Å². The summed E-state index contributed by atoms with van der Waals surface area (Å²) >= 11 is 0. The summed E-state index contributed by atoms with van der Waals surface area (Å²) in [6.07, 6.45) is 0. The average Bonchev–Trinajstić information content (AvgIpc) is 3.12. The van der Waals surface area contributed by atoms with Crippen molar-refractivity contribution in [3.8, 4) is 11.5 Å². The first-order chi connectivity index (χ1) is 10.2. The largest absolute Gasteiger partial charge is 0.454 e. The van der Waals surface area contributed by atoms with Gasteiger partial charge in [0.05, 0.1) is 6.04 Å². The summed E-state index contributed by atoms with van der Waals surface area (Å²) in [5.74, 6) is 1.24. The van der Waals surface area contributed by atoms with Gasteiger partial charge in [0.15, 0.2) is 11.5 Å². The van der Waals surface area contributed by atoms with Crippen LogP contribution in [0.4, 0.5) is 4.79 Å². The molecule has 1 unspecified atom stereocenters. The van der Waals surface area contributed by atoms with Gasteiger partial charge in [-0.25, -0.2) is 4.79 Å². The molecule has 4 rings (SSSR count). The highest BCUT2D eigenvalue weighted by molar-refractivity contribution is 5.95. The lowest BCUT2D eigenvalue weighted by Gasteiger charge is -2.36. The number of piperazine rings is 1. The standard InChI is InChI=1S/C14H15N3O4/c18-13(9-1-2-11-12(5-9)21-8-20-11)16-3-4-17-10(7-16)6-15-14(17)19/h1-2,5,10H,3-4,6-8H2,(H,15,19). The number of nitrogens with zero attached hydrogens (tertiary/aromatic N) is 2. The number of ether oxygens (including phenoxy) is 2. The van der Waals surface area contributed by atoms with Crippen molar-refractivity contribution < 1.29 is 19.1 Å². The molecule has 1 atom stereocenters. The molecule has 0 radical (unpaired) electrons. The van der Waals surface area contributed by atoms with Crippen molar-refractivity contribution in [3.63, 3.8) is 0 Å². The third kappa shape index (κ3) is 1.96. The van der Waals surface area contributed by atoms with Gasteiger partial charge in [-0.05, 0) is 18.2 Å². The fourth-order valence-corrected chi connectivity index (χ4v) is 3.00.